The molecule has 1 N–H and O–H groups in total. The second kappa shape index (κ2) is 6.82. The maximum Gasteiger partial charge on any atom is 0.175 e. The molecule has 17 heavy (non-hydrogen) atoms. The fraction of sp³-hybridized carbons (Fsp3) is 0.500. The highest BCUT2D eigenvalue weighted by Crippen LogP contribution is 2.19. The van der Waals surface area contributed by atoms with E-state index in [-0.39, 0.29) is 23.6 Å². The van der Waals surface area contributed by atoms with E-state index < -0.39 is 0 Å². The van der Waals surface area contributed by atoms with E-state index in [1.807, 2.05) is 45.0 Å². The number of aryl methyl sites for hydroxylation is 1. The number of carbonyl (C=O) groups is 1. The summed E-state index contributed by atoms with van der Waals surface area (Å²) >= 11 is 1.61. The minimum absolute atomic E-state index is 0.0493. The van der Waals surface area contributed by atoms with E-state index in [0.717, 1.165) is 16.9 Å². The average molecular weight is 252 g/mol. The van der Waals surface area contributed by atoms with Crippen LogP contribution in [0.3, 0.4) is 0 Å². The van der Waals surface area contributed by atoms with Gasteiger partial charge in [0.05, 0.1) is 5.25 Å². The predicted molar refractivity (Wildman–Crippen MR) is 73.7 cm³/mol. The summed E-state index contributed by atoms with van der Waals surface area (Å²) in [5, 5.41) is 8.89. The summed E-state index contributed by atoms with van der Waals surface area (Å²) < 4.78 is 0. The van der Waals surface area contributed by atoms with Gasteiger partial charge in [-0.3, -0.25) is 4.79 Å². The van der Waals surface area contributed by atoms with Crippen molar-refractivity contribution in [1.29, 1.82) is 0 Å². The molecule has 3 heteroatoms. The average Bonchev–Trinajstić information content (AvgIpc) is 2.35. The fourth-order valence-electron chi connectivity index (χ4n) is 1.39. The van der Waals surface area contributed by atoms with Crippen molar-refractivity contribution in [2.75, 3.05) is 12.4 Å². The van der Waals surface area contributed by atoms with Gasteiger partial charge in [0, 0.05) is 12.2 Å². The summed E-state index contributed by atoms with van der Waals surface area (Å²) in [6, 6.07) is 7.68. The van der Waals surface area contributed by atoms with E-state index in [9.17, 15) is 4.79 Å². The number of ketones is 1. The first kappa shape index (κ1) is 14.3. The molecule has 2 atom stereocenters. The molecule has 0 aliphatic carbocycles. The van der Waals surface area contributed by atoms with Gasteiger partial charge in [0.1, 0.15) is 0 Å². The van der Waals surface area contributed by atoms with Crippen LogP contribution in [0.15, 0.2) is 24.3 Å². The second-order valence-electron chi connectivity index (χ2n) is 4.49. The van der Waals surface area contributed by atoms with Crippen molar-refractivity contribution < 1.29 is 9.90 Å². The number of Topliss-reactive ketones (excluding diaryl/α,β-unsaturated/α-hetero) is 1. The van der Waals surface area contributed by atoms with E-state index in [1.54, 1.807) is 11.8 Å². The van der Waals surface area contributed by atoms with Crippen LogP contribution < -0.4 is 0 Å². The molecule has 0 aromatic heterocycles. The summed E-state index contributed by atoms with van der Waals surface area (Å²) in [5.74, 6) is 1.23. The zero-order chi connectivity index (χ0) is 12.8. The Hall–Kier alpha value is -0.800. The van der Waals surface area contributed by atoms with Gasteiger partial charge in [-0.2, -0.15) is 11.8 Å². The monoisotopic (exact) mass is 252 g/mol. The van der Waals surface area contributed by atoms with Gasteiger partial charge in [0.2, 0.25) is 0 Å². The van der Waals surface area contributed by atoms with Crippen molar-refractivity contribution >= 4 is 17.5 Å². The van der Waals surface area contributed by atoms with Crippen LogP contribution in [-0.4, -0.2) is 28.5 Å². The Labute approximate surface area is 107 Å². The Kier molecular flexibility index (Phi) is 5.72. The Morgan fingerprint density at radius 1 is 1.29 bits per heavy atom. The highest BCUT2D eigenvalue weighted by molar-refractivity contribution is 8.00. The van der Waals surface area contributed by atoms with Crippen LogP contribution in [0.4, 0.5) is 0 Å². The summed E-state index contributed by atoms with van der Waals surface area (Å²) in [7, 11) is 0. The fourth-order valence-corrected chi connectivity index (χ4v) is 2.40. The number of hydrogen-bond donors (Lipinski definition) is 1. The number of thioether (sulfide) groups is 1. The summed E-state index contributed by atoms with van der Waals surface area (Å²) in [6.45, 7) is 6.10. The minimum atomic E-state index is -0.0493. The van der Waals surface area contributed by atoms with Crippen molar-refractivity contribution in [1.82, 2.24) is 0 Å². The van der Waals surface area contributed by atoms with Crippen LogP contribution in [0, 0.1) is 12.8 Å². The van der Waals surface area contributed by atoms with Gasteiger partial charge in [0.15, 0.2) is 5.78 Å². The van der Waals surface area contributed by atoms with Crippen LogP contribution in [0.1, 0.15) is 29.8 Å². The first-order valence-corrected chi connectivity index (χ1v) is 6.92. The maximum absolute atomic E-state index is 12.1. The van der Waals surface area contributed by atoms with Gasteiger partial charge in [-0.15, -0.1) is 0 Å². The number of hydrogen-bond acceptors (Lipinski definition) is 3. The molecule has 2 unspecified atom stereocenters. The molecule has 0 saturated carbocycles. The molecule has 2 nitrogen and oxygen atoms in total. The van der Waals surface area contributed by atoms with E-state index in [1.165, 1.54) is 0 Å². The molecule has 1 aromatic rings. The van der Waals surface area contributed by atoms with E-state index >= 15 is 0 Å². The van der Waals surface area contributed by atoms with Crippen molar-refractivity contribution in [2.24, 2.45) is 5.92 Å². The zero-order valence-corrected chi connectivity index (χ0v) is 11.5. The third kappa shape index (κ3) is 4.52. The quantitative estimate of drug-likeness (QED) is 0.791. The SMILES string of the molecule is Cc1ccc(C(=O)C(C)SCC(C)CO)cc1. The third-order valence-electron chi connectivity index (χ3n) is 2.65. The summed E-state index contributed by atoms with van der Waals surface area (Å²) in [4.78, 5) is 12.1. The van der Waals surface area contributed by atoms with Crippen molar-refractivity contribution in [3.63, 3.8) is 0 Å². The smallest absolute Gasteiger partial charge is 0.175 e. The van der Waals surface area contributed by atoms with Crippen LogP contribution in [0.25, 0.3) is 0 Å². The van der Waals surface area contributed by atoms with Crippen molar-refractivity contribution in [2.45, 2.75) is 26.0 Å². The number of benzene rings is 1. The molecule has 0 radical (unpaired) electrons. The largest absolute Gasteiger partial charge is 0.396 e. The molecule has 0 aliphatic rings. The first-order chi connectivity index (χ1) is 8.04. The van der Waals surface area contributed by atoms with Gasteiger partial charge < -0.3 is 5.11 Å². The second-order valence-corrected chi connectivity index (χ2v) is 5.87. The lowest BCUT2D eigenvalue weighted by Gasteiger charge is -2.13. The molecule has 1 aromatic carbocycles. The van der Waals surface area contributed by atoms with Crippen molar-refractivity contribution in [3.8, 4) is 0 Å². The predicted octanol–water partition coefficient (Wildman–Crippen LogP) is 2.93. The molecule has 0 amide bonds. The Balaban J connectivity index is 2.54. The Morgan fingerprint density at radius 2 is 1.88 bits per heavy atom. The molecule has 0 fully saturated rings. The van der Waals surface area contributed by atoms with Gasteiger partial charge in [-0.05, 0) is 25.5 Å². The van der Waals surface area contributed by atoms with E-state index in [2.05, 4.69) is 0 Å². The van der Waals surface area contributed by atoms with Gasteiger partial charge in [-0.25, -0.2) is 0 Å². The summed E-state index contributed by atoms with van der Waals surface area (Å²) in [6.07, 6.45) is 0. The number of carbonyl (C=O) groups excluding carboxylic acids is 1. The highest BCUT2D eigenvalue weighted by Gasteiger charge is 2.16. The van der Waals surface area contributed by atoms with Gasteiger partial charge >= 0.3 is 0 Å². The lowest BCUT2D eigenvalue weighted by atomic mass is 10.1. The molecule has 0 spiro atoms. The topological polar surface area (TPSA) is 37.3 Å². The molecule has 0 aliphatic heterocycles. The van der Waals surface area contributed by atoms with Crippen molar-refractivity contribution in [3.05, 3.63) is 35.4 Å². The van der Waals surface area contributed by atoms with Gasteiger partial charge in [-0.1, -0.05) is 36.8 Å². The zero-order valence-electron chi connectivity index (χ0n) is 10.6. The van der Waals surface area contributed by atoms with Crippen LogP contribution in [-0.2, 0) is 0 Å². The van der Waals surface area contributed by atoms with Gasteiger partial charge in [0.25, 0.3) is 0 Å². The maximum atomic E-state index is 12.1. The first-order valence-electron chi connectivity index (χ1n) is 5.88. The molecule has 94 valence electrons. The standard InChI is InChI=1S/C14H20O2S/c1-10-4-6-13(7-5-10)14(16)12(3)17-9-11(2)8-15/h4-7,11-12,15H,8-9H2,1-3H3. The van der Waals surface area contributed by atoms with Crippen LogP contribution >= 0.6 is 11.8 Å². The number of aliphatic hydroxyl groups excluding tert-OH is 1. The molecule has 0 heterocycles. The minimum Gasteiger partial charge on any atom is -0.396 e. The molecular formula is C14H20O2S. The summed E-state index contributed by atoms with van der Waals surface area (Å²) in [5.41, 5.74) is 1.93. The van der Waals surface area contributed by atoms with E-state index in [0.29, 0.717) is 0 Å². The number of aliphatic hydroxyl groups is 1. The van der Waals surface area contributed by atoms with E-state index in [4.69, 9.17) is 5.11 Å². The molecular weight excluding hydrogens is 232 g/mol. The van der Waals surface area contributed by atoms with Crippen LogP contribution in [0.5, 0.6) is 0 Å². The normalized spacial score (nSPS) is 14.4. The van der Waals surface area contributed by atoms with Crippen LogP contribution in [0.2, 0.25) is 0 Å². The number of rotatable bonds is 6. The lowest BCUT2D eigenvalue weighted by Crippen LogP contribution is -2.16. The molecule has 0 bridgehead atoms. The molecule has 1 rings (SSSR count). The highest BCUT2D eigenvalue weighted by atomic mass is 32.2. The lowest BCUT2D eigenvalue weighted by molar-refractivity contribution is 0.0994. The Bertz CT molecular complexity index is 359. The Morgan fingerprint density at radius 3 is 2.41 bits per heavy atom. The third-order valence-corrected chi connectivity index (χ3v) is 4.12. The molecule has 0 saturated heterocycles.